The summed E-state index contributed by atoms with van der Waals surface area (Å²) in [7, 11) is 0. The van der Waals surface area contributed by atoms with Gasteiger partial charge in [-0.3, -0.25) is 0 Å². The zero-order chi connectivity index (χ0) is 11.5. The Bertz CT molecular complexity index is 474. The molecule has 0 amide bonds. The van der Waals surface area contributed by atoms with E-state index in [2.05, 4.69) is 27.2 Å². The number of aryl methyl sites for hydroxylation is 1. The third kappa shape index (κ3) is 1.91. The molecule has 2 heterocycles. The Kier molecular flexibility index (Phi) is 2.90. The second kappa shape index (κ2) is 4.35. The second-order valence-corrected chi connectivity index (χ2v) is 3.71. The summed E-state index contributed by atoms with van der Waals surface area (Å²) >= 11 is 0. The molecule has 0 saturated carbocycles. The molecule has 4 heteroatoms. The topological polar surface area (TPSA) is 53.6 Å². The van der Waals surface area contributed by atoms with Crippen molar-refractivity contribution in [3.8, 4) is 11.4 Å². The maximum absolute atomic E-state index is 4.48. The van der Waals surface area contributed by atoms with Crippen LogP contribution in [0.5, 0.6) is 0 Å². The van der Waals surface area contributed by atoms with Crippen LogP contribution in [0.4, 0.5) is 5.82 Å². The lowest BCUT2D eigenvalue weighted by Crippen LogP contribution is -2.06. The summed E-state index contributed by atoms with van der Waals surface area (Å²) in [5.41, 5.74) is 3.07. The smallest absolute Gasteiger partial charge is 0.133 e. The van der Waals surface area contributed by atoms with Gasteiger partial charge in [-0.1, -0.05) is 0 Å². The van der Waals surface area contributed by atoms with Gasteiger partial charge in [-0.05, 0) is 32.9 Å². The number of hydrogen-bond donors (Lipinski definition) is 2. The van der Waals surface area contributed by atoms with Gasteiger partial charge in [0.15, 0.2) is 0 Å². The zero-order valence-electron chi connectivity index (χ0n) is 9.83. The Morgan fingerprint density at radius 2 is 2.12 bits per heavy atom. The van der Waals surface area contributed by atoms with Crippen molar-refractivity contribution >= 4 is 5.82 Å². The molecule has 0 radical (unpaired) electrons. The molecule has 4 nitrogen and oxygen atoms in total. The summed E-state index contributed by atoms with van der Waals surface area (Å²) in [4.78, 5) is 12.0. The summed E-state index contributed by atoms with van der Waals surface area (Å²) in [5.74, 6) is 1.70. The molecule has 0 fully saturated rings. The van der Waals surface area contributed by atoms with Gasteiger partial charge in [-0.15, -0.1) is 0 Å². The minimum Gasteiger partial charge on any atom is -0.370 e. The van der Waals surface area contributed by atoms with Gasteiger partial charge < -0.3 is 10.3 Å². The molecule has 16 heavy (non-hydrogen) atoms. The number of aromatic amines is 1. The van der Waals surface area contributed by atoms with Crippen LogP contribution in [0.1, 0.15) is 18.3 Å². The first-order valence-electron chi connectivity index (χ1n) is 5.45. The Morgan fingerprint density at radius 3 is 2.75 bits per heavy atom. The molecule has 0 aromatic carbocycles. The fourth-order valence-corrected chi connectivity index (χ4v) is 1.71. The fraction of sp³-hybridized carbons (Fsp3) is 0.333. The van der Waals surface area contributed by atoms with Crippen LogP contribution in [0.15, 0.2) is 18.3 Å². The van der Waals surface area contributed by atoms with Gasteiger partial charge in [0.2, 0.25) is 0 Å². The first kappa shape index (κ1) is 10.7. The predicted molar refractivity (Wildman–Crippen MR) is 65.5 cm³/mol. The van der Waals surface area contributed by atoms with Crippen molar-refractivity contribution in [3.05, 3.63) is 29.7 Å². The van der Waals surface area contributed by atoms with E-state index in [0.717, 1.165) is 35.1 Å². The molecular weight excluding hydrogens is 200 g/mol. The SMILES string of the molecule is CCNc1nc(C)nc(-c2ccc[nH]2)c1C. The highest BCUT2D eigenvalue weighted by Crippen LogP contribution is 2.24. The van der Waals surface area contributed by atoms with Gasteiger partial charge >= 0.3 is 0 Å². The Hall–Kier alpha value is -1.84. The van der Waals surface area contributed by atoms with Crippen molar-refractivity contribution in [1.29, 1.82) is 0 Å². The molecule has 0 aliphatic rings. The summed E-state index contributed by atoms with van der Waals surface area (Å²) in [6.45, 7) is 6.87. The number of anilines is 1. The maximum Gasteiger partial charge on any atom is 0.133 e. The highest BCUT2D eigenvalue weighted by molar-refractivity contribution is 5.65. The average Bonchev–Trinajstić information content (AvgIpc) is 2.76. The first-order chi connectivity index (χ1) is 7.72. The lowest BCUT2D eigenvalue weighted by atomic mass is 10.2. The Morgan fingerprint density at radius 1 is 1.31 bits per heavy atom. The second-order valence-electron chi connectivity index (χ2n) is 3.71. The molecule has 2 N–H and O–H groups in total. The van der Waals surface area contributed by atoms with E-state index < -0.39 is 0 Å². The predicted octanol–water partition coefficient (Wildman–Crippen LogP) is 2.52. The van der Waals surface area contributed by atoms with Crippen molar-refractivity contribution in [1.82, 2.24) is 15.0 Å². The van der Waals surface area contributed by atoms with Crippen LogP contribution in [0, 0.1) is 13.8 Å². The summed E-state index contributed by atoms with van der Waals surface area (Å²) in [6.07, 6.45) is 1.90. The molecule has 0 saturated heterocycles. The van der Waals surface area contributed by atoms with Gasteiger partial charge in [-0.2, -0.15) is 0 Å². The van der Waals surface area contributed by atoms with E-state index >= 15 is 0 Å². The Labute approximate surface area is 95.1 Å². The summed E-state index contributed by atoms with van der Waals surface area (Å²) < 4.78 is 0. The van der Waals surface area contributed by atoms with E-state index in [0.29, 0.717) is 0 Å². The molecule has 2 rings (SSSR count). The molecule has 0 spiro atoms. The largest absolute Gasteiger partial charge is 0.370 e. The monoisotopic (exact) mass is 216 g/mol. The van der Waals surface area contributed by atoms with Gasteiger partial charge in [0.05, 0.1) is 11.4 Å². The molecule has 0 atom stereocenters. The van der Waals surface area contributed by atoms with E-state index in [1.54, 1.807) is 0 Å². The van der Waals surface area contributed by atoms with Crippen LogP contribution in [-0.2, 0) is 0 Å². The minimum absolute atomic E-state index is 0.783. The van der Waals surface area contributed by atoms with Crippen molar-refractivity contribution in [2.24, 2.45) is 0 Å². The van der Waals surface area contributed by atoms with Crippen molar-refractivity contribution in [2.45, 2.75) is 20.8 Å². The highest BCUT2D eigenvalue weighted by atomic mass is 15.0. The molecule has 2 aromatic heterocycles. The van der Waals surface area contributed by atoms with E-state index in [1.807, 2.05) is 32.2 Å². The van der Waals surface area contributed by atoms with E-state index in [-0.39, 0.29) is 0 Å². The number of aromatic nitrogens is 3. The molecule has 0 aliphatic carbocycles. The number of rotatable bonds is 3. The summed E-state index contributed by atoms with van der Waals surface area (Å²) in [5, 5.41) is 3.25. The highest BCUT2D eigenvalue weighted by Gasteiger charge is 2.10. The summed E-state index contributed by atoms with van der Waals surface area (Å²) in [6, 6.07) is 3.99. The van der Waals surface area contributed by atoms with Crippen LogP contribution in [-0.4, -0.2) is 21.5 Å². The van der Waals surface area contributed by atoms with E-state index in [4.69, 9.17) is 0 Å². The van der Waals surface area contributed by atoms with Crippen molar-refractivity contribution < 1.29 is 0 Å². The fourth-order valence-electron chi connectivity index (χ4n) is 1.71. The first-order valence-corrected chi connectivity index (χ1v) is 5.45. The molecule has 2 aromatic rings. The van der Waals surface area contributed by atoms with E-state index in [1.165, 1.54) is 0 Å². The van der Waals surface area contributed by atoms with Gasteiger partial charge in [0.1, 0.15) is 11.6 Å². The quantitative estimate of drug-likeness (QED) is 0.829. The van der Waals surface area contributed by atoms with Gasteiger partial charge in [0.25, 0.3) is 0 Å². The van der Waals surface area contributed by atoms with Gasteiger partial charge in [-0.25, -0.2) is 9.97 Å². The molecular formula is C12H16N4. The normalized spacial score (nSPS) is 10.4. The van der Waals surface area contributed by atoms with Crippen LogP contribution in [0.25, 0.3) is 11.4 Å². The maximum atomic E-state index is 4.48. The molecule has 84 valence electrons. The van der Waals surface area contributed by atoms with Crippen LogP contribution >= 0.6 is 0 Å². The van der Waals surface area contributed by atoms with Crippen LogP contribution < -0.4 is 5.32 Å². The van der Waals surface area contributed by atoms with Crippen molar-refractivity contribution in [3.63, 3.8) is 0 Å². The number of nitrogens with zero attached hydrogens (tertiary/aromatic N) is 2. The molecule has 0 bridgehead atoms. The minimum atomic E-state index is 0.783. The number of H-pyrrole nitrogens is 1. The van der Waals surface area contributed by atoms with Crippen LogP contribution in [0.2, 0.25) is 0 Å². The zero-order valence-corrected chi connectivity index (χ0v) is 9.83. The lowest BCUT2D eigenvalue weighted by molar-refractivity contribution is 1.01. The molecule has 0 unspecified atom stereocenters. The average molecular weight is 216 g/mol. The van der Waals surface area contributed by atoms with E-state index in [9.17, 15) is 0 Å². The number of hydrogen-bond acceptors (Lipinski definition) is 3. The van der Waals surface area contributed by atoms with Gasteiger partial charge in [0, 0.05) is 18.3 Å². The molecule has 0 aliphatic heterocycles. The van der Waals surface area contributed by atoms with Crippen molar-refractivity contribution in [2.75, 3.05) is 11.9 Å². The standard InChI is InChI=1S/C12H16N4/c1-4-13-12-8(2)11(15-9(3)16-12)10-6-5-7-14-10/h5-7,14H,4H2,1-3H3,(H,13,15,16). The third-order valence-electron chi connectivity index (χ3n) is 2.45. The third-order valence-corrected chi connectivity index (χ3v) is 2.45. The lowest BCUT2D eigenvalue weighted by Gasteiger charge is -2.10. The Balaban J connectivity index is 2.53. The number of nitrogens with one attached hydrogen (secondary N) is 2. The van der Waals surface area contributed by atoms with Crippen LogP contribution in [0.3, 0.4) is 0 Å².